The van der Waals surface area contributed by atoms with Crippen LogP contribution in [0.4, 0.5) is 0 Å². The minimum absolute atomic E-state index is 0.183. The molecule has 0 aromatic carbocycles. The lowest BCUT2D eigenvalue weighted by atomic mass is 10.2. The normalized spacial score (nSPS) is 13.7. The highest BCUT2D eigenvalue weighted by molar-refractivity contribution is 7.86. The molecule has 1 unspecified atom stereocenters. The summed E-state index contributed by atoms with van der Waals surface area (Å²) >= 11 is 0. The standard InChI is InChI=1S/C15H27NO6SSi/c1-6-14(24(19-7-2,20-8-3)21-9-4)15-13(11-10-12-16-15)22-23(5,17)18/h10-12,14H,6-9H2,1-5H3. The molecule has 0 fully saturated rings. The van der Waals surface area contributed by atoms with Gasteiger partial charge in [0.15, 0.2) is 5.75 Å². The fourth-order valence-corrected chi connectivity index (χ4v) is 6.12. The Labute approximate surface area is 145 Å². The molecule has 0 aliphatic rings. The maximum absolute atomic E-state index is 11.6. The molecule has 7 nitrogen and oxygen atoms in total. The molecule has 9 heteroatoms. The fourth-order valence-electron chi connectivity index (χ4n) is 2.54. The molecule has 0 spiro atoms. The molecule has 1 atom stereocenters. The topological polar surface area (TPSA) is 83.9 Å². The summed E-state index contributed by atoms with van der Waals surface area (Å²) in [6.07, 6.45) is 3.21. The zero-order valence-electron chi connectivity index (χ0n) is 14.9. The Morgan fingerprint density at radius 3 is 2.04 bits per heavy atom. The predicted octanol–water partition coefficient (Wildman–Crippen LogP) is 2.50. The average molecular weight is 378 g/mol. The van der Waals surface area contributed by atoms with Crippen LogP contribution in [0, 0.1) is 0 Å². The van der Waals surface area contributed by atoms with Gasteiger partial charge in [0.2, 0.25) is 0 Å². The second kappa shape index (κ2) is 9.47. The van der Waals surface area contributed by atoms with Crippen LogP contribution in [0.25, 0.3) is 0 Å². The molecule has 1 heterocycles. The first-order chi connectivity index (χ1) is 11.3. The van der Waals surface area contributed by atoms with Gasteiger partial charge in [-0.15, -0.1) is 0 Å². The second-order valence-corrected chi connectivity index (χ2v) is 9.38. The van der Waals surface area contributed by atoms with E-state index >= 15 is 0 Å². The van der Waals surface area contributed by atoms with E-state index in [9.17, 15) is 8.42 Å². The number of rotatable bonds is 11. The van der Waals surface area contributed by atoms with Crippen LogP contribution in [0.15, 0.2) is 18.3 Å². The predicted molar refractivity (Wildman–Crippen MR) is 93.4 cm³/mol. The van der Waals surface area contributed by atoms with Gasteiger partial charge in [-0.2, -0.15) is 8.42 Å². The van der Waals surface area contributed by atoms with E-state index in [1.54, 1.807) is 18.3 Å². The van der Waals surface area contributed by atoms with Crippen LogP contribution in [0.3, 0.4) is 0 Å². The number of hydrogen-bond acceptors (Lipinski definition) is 7. The fraction of sp³-hybridized carbons (Fsp3) is 0.667. The summed E-state index contributed by atoms with van der Waals surface area (Å²) in [5.74, 6) is 0.183. The Hall–Kier alpha value is -1.00. The van der Waals surface area contributed by atoms with Crippen molar-refractivity contribution in [3.8, 4) is 5.75 Å². The lowest BCUT2D eigenvalue weighted by Gasteiger charge is -2.34. The van der Waals surface area contributed by atoms with E-state index in [-0.39, 0.29) is 11.3 Å². The molecule has 0 saturated carbocycles. The summed E-state index contributed by atoms with van der Waals surface area (Å²) < 4.78 is 46.1. The third kappa shape index (κ3) is 5.52. The molecule has 1 aromatic rings. The number of pyridine rings is 1. The van der Waals surface area contributed by atoms with Crippen LogP contribution in [0.5, 0.6) is 5.75 Å². The maximum Gasteiger partial charge on any atom is 0.510 e. The minimum Gasteiger partial charge on any atom is -0.381 e. The van der Waals surface area contributed by atoms with Gasteiger partial charge in [-0.3, -0.25) is 4.98 Å². The Morgan fingerprint density at radius 1 is 1.08 bits per heavy atom. The van der Waals surface area contributed by atoms with Crippen LogP contribution in [-0.4, -0.2) is 48.3 Å². The molecule has 0 aliphatic heterocycles. The largest absolute Gasteiger partial charge is 0.510 e. The number of aromatic nitrogens is 1. The Balaban J connectivity index is 3.40. The highest BCUT2D eigenvalue weighted by Gasteiger charge is 2.51. The highest BCUT2D eigenvalue weighted by atomic mass is 32.2. The van der Waals surface area contributed by atoms with E-state index < -0.39 is 18.9 Å². The minimum atomic E-state index is -3.67. The molecule has 1 rings (SSSR count). The van der Waals surface area contributed by atoms with E-state index in [1.807, 2.05) is 27.7 Å². The van der Waals surface area contributed by atoms with Crippen molar-refractivity contribution in [1.29, 1.82) is 0 Å². The van der Waals surface area contributed by atoms with Crippen LogP contribution in [0.1, 0.15) is 45.4 Å². The van der Waals surface area contributed by atoms with E-state index in [0.717, 1.165) is 6.26 Å². The van der Waals surface area contributed by atoms with Gasteiger partial charge >= 0.3 is 18.9 Å². The van der Waals surface area contributed by atoms with Crippen LogP contribution < -0.4 is 4.18 Å². The zero-order chi connectivity index (χ0) is 18.2. The van der Waals surface area contributed by atoms with Gasteiger partial charge in [0.05, 0.1) is 17.5 Å². The maximum atomic E-state index is 11.6. The third-order valence-electron chi connectivity index (χ3n) is 3.24. The summed E-state index contributed by atoms with van der Waals surface area (Å²) in [7, 11) is -6.78. The summed E-state index contributed by atoms with van der Waals surface area (Å²) in [4.78, 5) is 4.35. The van der Waals surface area contributed by atoms with Gasteiger partial charge < -0.3 is 17.5 Å². The molecule has 1 aromatic heterocycles. The van der Waals surface area contributed by atoms with Crippen molar-refractivity contribution in [3.05, 3.63) is 24.0 Å². The van der Waals surface area contributed by atoms with Gasteiger partial charge in [-0.05, 0) is 39.3 Å². The van der Waals surface area contributed by atoms with Gasteiger partial charge in [0.25, 0.3) is 0 Å². The second-order valence-electron chi connectivity index (χ2n) is 5.04. The number of hydrogen-bond donors (Lipinski definition) is 0. The zero-order valence-corrected chi connectivity index (χ0v) is 16.8. The Morgan fingerprint density at radius 2 is 1.62 bits per heavy atom. The summed E-state index contributed by atoms with van der Waals surface area (Å²) in [6.45, 7) is 8.87. The van der Waals surface area contributed by atoms with Crippen molar-refractivity contribution < 1.29 is 25.9 Å². The third-order valence-corrected chi connectivity index (χ3v) is 7.33. The summed E-state index contributed by atoms with van der Waals surface area (Å²) in [5, 5.41) is 0. The summed E-state index contributed by atoms with van der Waals surface area (Å²) in [6, 6.07) is 3.21. The highest BCUT2D eigenvalue weighted by Crippen LogP contribution is 2.36. The van der Waals surface area contributed by atoms with Gasteiger partial charge in [-0.1, -0.05) is 6.92 Å². The molecule has 0 amide bonds. The van der Waals surface area contributed by atoms with Crippen molar-refractivity contribution in [2.45, 2.75) is 39.7 Å². The van der Waals surface area contributed by atoms with Gasteiger partial charge in [-0.25, -0.2) is 0 Å². The van der Waals surface area contributed by atoms with Crippen LogP contribution in [0.2, 0.25) is 0 Å². The van der Waals surface area contributed by atoms with Crippen molar-refractivity contribution in [3.63, 3.8) is 0 Å². The Kier molecular flexibility index (Phi) is 8.30. The van der Waals surface area contributed by atoms with Gasteiger partial charge in [0, 0.05) is 26.0 Å². The van der Waals surface area contributed by atoms with Crippen LogP contribution in [-0.2, 0) is 23.4 Å². The first kappa shape index (κ1) is 21.0. The quantitative estimate of drug-likeness (QED) is 0.433. The van der Waals surface area contributed by atoms with Crippen molar-refractivity contribution in [1.82, 2.24) is 4.98 Å². The van der Waals surface area contributed by atoms with Crippen LogP contribution >= 0.6 is 0 Å². The molecule has 0 N–H and O–H groups in total. The van der Waals surface area contributed by atoms with Crippen molar-refractivity contribution in [2.24, 2.45) is 0 Å². The average Bonchev–Trinajstić information content (AvgIpc) is 2.49. The van der Waals surface area contributed by atoms with E-state index in [2.05, 4.69) is 4.98 Å². The molecule has 24 heavy (non-hydrogen) atoms. The lowest BCUT2D eigenvalue weighted by Crippen LogP contribution is -2.52. The molecule has 0 radical (unpaired) electrons. The molecule has 0 bridgehead atoms. The monoisotopic (exact) mass is 377 g/mol. The molecular formula is C15H27NO6SSi. The molecule has 0 saturated heterocycles. The lowest BCUT2D eigenvalue weighted by molar-refractivity contribution is 0.0605. The van der Waals surface area contributed by atoms with E-state index in [1.165, 1.54) is 0 Å². The smallest absolute Gasteiger partial charge is 0.381 e. The first-order valence-corrected chi connectivity index (χ1v) is 11.7. The van der Waals surface area contributed by atoms with Crippen molar-refractivity contribution >= 4 is 18.9 Å². The SMILES string of the molecule is CCO[Si](OCC)(OCC)C(CC)c1ncccc1OS(C)(=O)=O. The summed E-state index contributed by atoms with van der Waals surface area (Å²) in [5.41, 5.74) is 0.155. The first-order valence-electron chi connectivity index (χ1n) is 8.09. The van der Waals surface area contributed by atoms with E-state index in [0.29, 0.717) is 31.9 Å². The molecule has 0 aliphatic carbocycles. The van der Waals surface area contributed by atoms with E-state index in [4.69, 9.17) is 17.5 Å². The van der Waals surface area contributed by atoms with Crippen molar-refractivity contribution in [2.75, 3.05) is 26.1 Å². The number of nitrogens with zero attached hydrogens (tertiary/aromatic N) is 1. The molecular weight excluding hydrogens is 350 g/mol. The van der Waals surface area contributed by atoms with Gasteiger partial charge in [0.1, 0.15) is 0 Å². The molecule has 138 valence electrons. The Bertz CT molecular complexity index is 593.